The van der Waals surface area contributed by atoms with E-state index in [1.54, 1.807) is 32.1 Å². The number of nitrogens with two attached hydrogens (primary N) is 1. The molecule has 0 saturated carbocycles. The maximum atomic E-state index is 14.4. The number of aliphatic hydroxyl groups is 1. The van der Waals surface area contributed by atoms with Crippen LogP contribution in [0.5, 0.6) is 0 Å². The summed E-state index contributed by atoms with van der Waals surface area (Å²) in [5, 5.41) is 20.8. The fourth-order valence-electron chi connectivity index (χ4n) is 6.80. The summed E-state index contributed by atoms with van der Waals surface area (Å²) in [4.78, 5) is 54.2. The van der Waals surface area contributed by atoms with Crippen molar-refractivity contribution in [2.24, 2.45) is 22.7 Å². The molecular weight excluding hydrogens is 704 g/mol. The Labute approximate surface area is 328 Å². The van der Waals surface area contributed by atoms with Gasteiger partial charge in [0.2, 0.25) is 11.6 Å². The monoisotopic (exact) mass is 770 g/mol. The average molecular weight is 771 g/mol. The molecule has 1 aliphatic carbocycles. The van der Waals surface area contributed by atoms with Crippen LogP contribution in [0.3, 0.4) is 0 Å². The van der Waals surface area contributed by atoms with Crippen molar-refractivity contribution in [3.8, 4) is 0 Å². The smallest absolute Gasteiger partial charge is 0.405 e. The number of hydrogen-bond donors (Lipinski definition) is 3. The predicted octanol–water partition coefficient (Wildman–Crippen LogP) is 6.23. The van der Waals surface area contributed by atoms with Crippen molar-refractivity contribution in [2.75, 3.05) is 34.4 Å². The van der Waals surface area contributed by atoms with E-state index in [0.717, 1.165) is 51.4 Å². The van der Waals surface area contributed by atoms with E-state index < -0.39 is 53.9 Å². The zero-order chi connectivity index (χ0) is 41.1. The number of nitrogens with zero attached hydrogens (tertiary/aromatic N) is 2. The molecule has 1 heterocycles. The summed E-state index contributed by atoms with van der Waals surface area (Å²) in [5.41, 5.74) is 6.08. The Balaban J connectivity index is 2.73. The van der Waals surface area contributed by atoms with Crippen molar-refractivity contribution in [3.63, 3.8) is 0 Å². The highest BCUT2D eigenvalue weighted by Gasteiger charge is 2.38. The van der Waals surface area contributed by atoms with Gasteiger partial charge in [0.1, 0.15) is 11.8 Å². The SMILES string of the molecule is CCCCCCN(CCCCCC)/N=C/C1=C2NC(=O)/C(C)=C\C=C\C(OC)C(OC(N)=O)/C(C)=C/C(C)C(O)C(OC)CC(C)CC(=C(OC)C1=O)C2=O. The molecule has 0 saturated heterocycles. The van der Waals surface area contributed by atoms with Gasteiger partial charge in [0.15, 0.2) is 11.9 Å². The molecule has 2 rings (SSSR count). The van der Waals surface area contributed by atoms with E-state index in [-0.39, 0.29) is 40.5 Å². The first kappa shape index (κ1) is 47.1. The van der Waals surface area contributed by atoms with Crippen LogP contribution in [0.25, 0.3) is 0 Å². The third kappa shape index (κ3) is 14.5. The van der Waals surface area contributed by atoms with E-state index in [4.69, 9.17) is 29.8 Å². The molecule has 55 heavy (non-hydrogen) atoms. The lowest BCUT2D eigenvalue weighted by Crippen LogP contribution is -2.38. The standard InChI is InChI=1S/C42H66N4O9/c1-10-12-14-16-21-46(22-17-15-13-11-2)44-26-32-35-37(48)31(40(54-9)38(32)49)23-27(3)24-34(53-8)36(47)29(5)25-30(6)39(55-42(43)51)33(52-7)20-18-19-28(4)41(50)45-35/h18-20,25-27,29,33-34,36,39,47H,10-17,21-24H2,1-9H3,(H2,43,51)(H,45,50)/b20-18+,28-19-,30-25+,44-26+. The van der Waals surface area contributed by atoms with Gasteiger partial charge >= 0.3 is 6.09 Å². The Kier molecular flexibility index (Phi) is 20.9. The number of nitrogens with one attached hydrogen (secondary N) is 1. The van der Waals surface area contributed by atoms with Crippen molar-refractivity contribution in [2.45, 2.75) is 130 Å². The maximum absolute atomic E-state index is 14.4. The number of amides is 2. The Bertz CT molecular complexity index is 1480. The molecule has 2 amide bonds. The molecule has 1 aliphatic heterocycles. The van der Waals surface area contributed by atoms with Gasteiger partial charge < -0.3 is 35.1 Å². The Morgan fingerprint density at radius 3 is 2.16 bits per heavy atom. The number of ketones is 2. The second-order valence-corrected chi connectivity index (χ2v) is 14.6. The molecule has 0 radical (unpaired) electrons. The number of allylic oxidation sites excluding steroid dienone is 4. The number of aliphatic hydroxyl groups excluding tert-OH is 1. The highest BCUT2D eigenvalue weighted by molar-refractivity contribution is 6.32. The molecule has 2 aliphatic rings. The molecular formula is C42H66N4O9. The van der Waals surface area contributed by atoms with E-state index in [9.17, 15) is 24.3 Å². The Hall–Kier alpha value is -4.07. The molecule has 0 aromatic carbocycles. The molecule has 0 aromatic rings. The summed E-state index contributed by atoms with van der Waals surface area (Å²) in [6.07, 6.45) is 12.2. The summed E-state index contributed by atoms with van der Waals surface area (Å²) in [6.45, 7) is 12.7. The third-order valence-electron chi connectivity index (χ3n) is 10.0. The van der Waals surface area contributed by atoms with Gasteiger partial charge in [0.05, 0.1) is 31.1 Å². The van der Waals surface area contributed by atoms with E-state index in [1.807, 2.05) is 18.9 Å². The molecule has 2 bridgehead atoms. The quantitative estimate of drug-likeness (QED) is 0.0536. The number of carbonyl (C=O) groups excluding carboxylic acids is 4. The van der Waals surface area contributed by atoms with Crippen LogP contribution in [-0.2, 0) is 33.3 Å². The van der Waals surface area contributed by atoms with E-state index in [0.29, 0.717) is 25.1 Å². The summed E-state index contributed by atoms with van der Waals surface area (Å²) < 4.78 is 22.4. The Morgan fingerprint density at radius 2 is 1.62 bits per heavy atom. The number of unbranched alkanes of at least 4 members (excludes halogenated alkanes) is 6. The molecule has 6 unspecified atom stereocenters. The first-order valence-corrected chi connectivity index (χ1v) is 19.7. The third-order valence-corrected chi connectivity index (χ3v) is 10.0. The first-order valence-electron chi connectivity index (χ1n) is 19.7. The van der Waals surface area contributed by atoms with Gasteiger partial charge in [-0.2, -0.15) is 5.10 Å². The van der Waals surface area contributed by atoms with E-state index in [2.05, 4.69) is 19.2 Å². The number of ether oxygens (including phenoxy) is 4. The molecule has 6 atom stereocenters. The molecule has 308 valence electrons. The van der Waals surface area contributed by atoms with Gasteiger partial charge in [-0.3, -0.25) is 19.4 Å². The molecule has 0 fully saturated rings. The van der Waals surface area contributed by atoms with Crippen LogP contribution in [0.1, 0.15) is 106 Å². The second-order valence-electron chi connectivity index (χ2n) is 14.6. The van der Waals surface area contributed by atoms with Gasteiger partial charge in [-0.25, -0.2) is 4.79 Å². The van der Waals surface area contributed by atoms with Crippen molar-refractivity contribution in [1.29, 1.82) is 0 Å². The molecule has 13 nitrogen and oxygen atoms in total. The summed E-state index contributed by atoms with van der Waals surface area (Å²) in [6, 6.07) is 0. The van der Waals surface area contributed by atoms with Crippen LogP contribution in [0.4, 0.5) is 4.79 Å². The average Bonchev–Trinajstić information content (AvgIpc) is 3.15. The topological polar surface area (TPSA) is 179 Å². The fraction of sp³-hybridized carbons (Fsp3) is 0.643. The largest absolute Gasteiger partial charge is 0.492 e. The van der Waals surface area contributed by atoms with Crippen molar-refractivity contribution in [1.82, 2.24) is 10.3 Å². The molecule has 0 aromatic heterocycles. The van der Waals surface area contributed by atoms with E-state index in [1.165, 1.54) is 33.6 Å². The number of hydrazone groups is 1. The van der Waals surface area contributed by atoms with Gasteiger partial charge in [0, 0.05) is 44.4 Å². The number of fused-ring (bicyclic) bond motifs is 2. The summed E-state index contributed by atoms with van der Waals surface area (Å²) in [5.74, 6) is -2.58. The van der Waals surface area contributed by atoms with Gasteiger partial charge in [-0.15, -0.1) is 0 Å². The molecule has 0 spiro atoms. The zero-order valence-electron chi connectivity index (χ0n) is 34.5. The highest BCUT2D eigenvalue weighted by Crippen LogP contribution is 2.31. The predicted molar refractivity (Wildman–Crippen MR) is 214 cm³/mol. The summed E-state index contributed by atoms with van der Waals surface area (Å²) >= 11 is 0. The number of primary amides is 1. The first-order chi connectivity index (χ1) is 26.2. The van der Waals surface area contributed by atoms with Crippen molar-refractivity contribution >= 4 is 29.8 Å². The number of Topliss-reactive ketones (excluding diaryl/α,β-unsaturated/α-hetero) is 2. The summed E-state index contributed by atoms with van der Waals surface area (Å²) in [7, 11) is 4.28. The molecule has 13 heteroatoms. The maximum Gasteiger partial charge on any atom is 0.405 e. The number of carbonyl (C=O) groups is 4. The Morgan fingerprint density at radius 1 is 0.982 bits per heavy atom. The minimum absolute atomic E-state index is 0.0700. The minimum atomic E-state index is -1.01. The number of hydrogen-bond acceptors (Lipinski definition) is 11. The minimum Gasteiger partial charge on any atom is -0.492 e. The molecule has 4 N–H and O–H groups in total. The van der Waals surface area contributed by atoms with Gasteiger partial charge in [-0.1, -0.05) is 90.5 Å². The lowest BCUT2D eigenvalue weighted by Gasteiger charge is -2.30. The van der Waals surface area contributed by atoms with Crippen LogP contribution in [0.2, 0.25) is 0 Å². The van der Waals surface area contributed by atoms with Crippen LogP contribution in [-0.4, -0.2) is 98.7 Å². The van der Waals surface area contributed by atoms with Crippen LogP contribution in [0.15, 0.2) is 63.2 Å². The lowest BCUT2D eigenvalue weighted by molar-refractivity contribution is -0.121. The normalized spacial score (nSPS) is 27.3. The van der Waals surface area contributed by atoms with Crippen molar-refractivity contribution in [3.05, 3.63) is 58.1 Å². The van der Waals surface area contributed by atoms with Crippen LogP contribution < -0.4 is 11.1 Å². The highest BCUT2D eigenvalue weighted by atomic mass is 16.6. The number of methoxy groups -OCH3 is 3. The van der Waals surface area contributed by atoms with Gasteiger partial charge in [-0.05, 0) is 51.0 Å². The zero-order valence-corrected chi connectivity index (χ0v) is 34.5. The van der Waals surface area contributed by atoms with E-state index >= 15 is 0 Å². The van der Waals surface area contributed by atoms with Crippen LogP contribution in [0, 0.1) is 11.8 Å². The number of rotatable bonds is 16. The second kappa shape index (κ2) is 24.4. The fourth-order valence-corrected chi connectivity index (χ4v) is 6.80. The lowest BCUT2D eigenvalue weighted by atomic mass is 9.84. The van der Waals surface area contributed by atoms with Gasteiger partial charge in [0.25, 0.3) is 5.91 Å². The van der Waals surface area contributed by atoms with Crippen LogP contribution >= 0.6 is 0 Å². The van der Waals surface area contributed by atoms with Crippen molar-refractivity contribution < 1.29 is 43.2 Å².